The molecule has 1 saturated carbocycles. The van der Waals surface area contributed by atoms with Crippen molar-refractivity contribution in [3.63, 3.8) is 0 Å². The summed E-state index contributed by atoms with van der Waals surface area (Å²) in [5.74, 6) is 0.730. The summed E-state index contributed by atoms with van der Waals surface area (Å²) in [6, 6.07) is 5.44. The molecule has 4 aliphatic rings. The van der Waals surface area contributed by atoms with Crippen LogP contribution in [0.5, 0.6) is 0 Å². The third-order valence-corrected chi connectivity index (χ3v) is 8.85. The molecule has 34 heavy (non-hydrogen) atoms. The Morgan fingerprint density at radius 1 is 1.32 bits per heavy atom. The summed E-state index contributed by atoms with van der Waals surface area (Å²) in [6.07, 6.45) is 4.96. The number of nitrogens with zero attached hydrogens (tertiary/aromatic N) is 2. The monoisotopic (exact) mass is 553 g/mol. The minimum Gasteiger partial charge on any atom is -1.00 e. The van der Waals surface area contributed by atoms with Crippen LogP contribution in [0.4, 0.5) is 5.82 Å². The van der Waals surface area contributed by atoms with Crippen LogP contribution >= 0.6 is 11.3 Å². The fraction of sp³-hybridized carbons (Fsp3) is 0.625. The Labute approximate surface area is 214 Å². The molecule has 6 rings (SSSR count). The zero-order chi connectivity index (χ0) is 23.1. The van der Waals surface area contributed by atoms with Crippen LogP contribution in [0.25, 0.3) is 0 Å². The zero-order valence-electron chi connectivity index (χ0n) is 19.4. The topological polar surface area (TPSA) is 102 Å². The van der Waals surface area contributed by atoms with E-state index in [4.69, 9.17) is 9.26 Å². The standard InChI is InChI=1S/C24H31N3O5S.BrH/c1-2-18-13-21(26-32-18)25-22(28)15-27-10-8-16(9-11-27)19(14-27)31-23(29)24(30,17-5-3-6-17)20-7-4-12-33-20;/h4,7,12-13,16-17,19,30H,2-3,5-6,8-11,14-15H2,1H3;1H/t16?,19?,24-,27?;/m0./s1. The molecule has 2 atom stereocenters. The number of ether oxygens (including phenoxy) is 1. The molecule has 4 fully saturated rings. The van der Waals surface area contributed by atoms with E-state index in [9.17, 15) is 14.7 Å². The summed E-state index contributed by atoms with van der Waals surface area (Å²) in [5.41, 5.74) is -1.56. The van der Waals surface area contributed by atoms with E-state index in [0.29, 0.717) is 28.3 Å². The normalized spacial score (nSPS) is 27.8. The van der Waals surface area contributed by atoms with Crippen molar-refractivity contribution in [2.45, 2.75) is 57.2 Å². The van der Waals surface area contributed by atoms with Gasteiger partial charge in [-0.1, -0.05) is 24.6 Å². The van der Waals surface area contributed by atoms with Crippen LogP contribution < -0.4 is 22.3 Å². The first-order valence-electron chi connectivity index (χ1n) is 12.0. The van der Waals surface area contributed by atoms with E-state index in [1.807, 2.05) is 24.4 Å². The lowest BCUT2D eigenvalue weighted by atomic mass is 9.72. The molecule has 10 heteroatoms. The molecule has 1 amide bonds. The Balaban J connectivity index is 0.00000274. The summed E-state index contributed by atoms with van der Waals surface area (Å²) in [6.45, 7) is 4.67. The maximum absolute atomic E-state index is 13.4. The lowest BCUT2D eigenvalue weighted by Crippen LogP contribution is -3.00. The van der Waals surface area contributed by atoms with Crippen LogP contribution in [0.3, 0.4) is 0 Å². The average molecular weight is 555 g/mol. The van der Waals surface area contributed by atoms with Crippen molar-refractivity contribution in [1.29, 1.82) is 0 Å². The Morgan fingerprint density at radius 3 is 2.68 bits per heavy atom. The summed E-state index contributed by atoms with van der Waals surface area (Å²) < 4.78 is 11.8. The molecule has 5 heterocycles. The summed E-state index contributed by atoms with van der Waals surface area (Å²) in [7, 11) is 0. The number of piperidine rings is 3. The van der Waals surface area contributed by atoms with E-state index in [0.717, 1.165) is 57.4 Å². The highest BCUT2D eigenvalue weighted by molar-refractivity contribution is 7.10. The highest BCUT2D eigenvalue weighted by Gasteiger charge is 2.54. The fourth-order valence-electron chi connectivity index (χ4n) is 5.62. The maximum Gasteiger partial charge on any atom is 0.344 e. The first kappa shape index (κ1) is 25.3. The number of aromatic nitrogens is 1. The molecule has 0 radical (unpaired) electrons. The van der Waals surface area contributed by atoms with E-state index >= 15 is 0 Å². The van der Waals surface area contributed by atoms with Crippen LogP contribution in [0, 0.1) is 11.8 Å². The average Bonchev–Trinajstić information content (AvgIpc) is 3.45. The van der Waals surface area contributed by atoms with Crippen LogP contribution in [0.15, 0.2) is 28.1 Å². The van der Waals surface area contributed by atoms with E-state index < -0.39 is 11.6 Å². The molecular formula is C24H32BrN3O5S. The highest BCUT2D eigenvalue weighted by Crippen LogP contribution is 2.46. The number of hydrogen-bond donors (Lipinski definition) is 2. The van der Waals surface area contributed by atoms with Crippen LogP contribution in [-0.4, -0.2) is 58.9 Å². The molecule has 3 aliphatic heterocycles. The molecule has 1 aliphatic carbocycles. The van der Waals surface area contributed by atoms with E-state index in [1.54, 1.807) is 6.07 Å². The van der Waals surface area contributed by atoms with E-state index in [1.165, 1.54) is 11.3 Å². The Hall–Kier alpha value is -1.75. The molecular weight excluding hydrogens is 522 g/mol. The Kier molecular flexibility index (Phi) is 7.52. The number of amides is 1. The van der Waals surface area contributed by atoms with Crippen LogP contribution in [0.1, 0.15) is 49.7 Å². The number of carbonyl (C=O) groups is 2. The second kappa shape index (κ2) is 10.1. The van der Waals surface area contributed by atoms with Gasteiger partial charge in [0.05, 0.1) is 13.1 Å². The number of aryl methyl sites for hydroxylation is 1. The van der Waals surface area contributed by atoms with Crippen molar-refractivity contribution < 1.29 is 45.4 Å². The molecule has 3 saturated heterocycles. The number of nitrogens with one attached hydrogen (secondary N) is 1. The van der Waals surface area contributed by atoms with Crippen LogP contribution in [0.2, 0.25) is 0 Å². The van der Waals surface area contributed by atoms with E-state index in [2.05, 4.69) is 10.5 Å². The number of aliphatic hydroxyl groups is 1. The predicted molar refractivity (Wildman–Crippen MR) is 122 cm³/mol. The zero-order valence-corrected chi connectivity index (χ0v) is 21.8. The van der Waals surface area contributed by atoms with Crippen molar-refractivity contribution in [2.24, 2.45) is 11.8 Å². The van der Waals surface area contributed by atoms with Crippen molar-refractivity contribution >= 4 is 29.0 Å². The summed E-state index contributed by atoms with van der Waals surface area (Å²) >= 11 is 1.40. The van der Waals surface area contributed by atoms with Gasteiger partial charge in [-0.25, -0.2) is 4.79 Å². The number of rotatable bonds is 8. The van der Waals surface area contributed by atoms with Crippen molar-refractivity contribution in [1.82, 2.24) is 5.16 Å². The molecule has 0 aromatic carbocycles. The minimum atomic E-state index is -1.56. The van der Waals surface area contributed by atoms with Gasteiger partial charge in [0, 0.05) is 42.0 Å². The smallest absolute Gasteiger partial charge is 0.344 e. The summed E-state index contributed by atoms with van der Waals surface area (Å²) in [5, 5.41) is 20.1. The van der Waals surface area contributed by atoms with Gasteiger partial charge < -0.3 is 41.1 Å². The second-order valence-corrected chi connectivity index (χ2v) is 10.8. The number of anilines is 1. The fourth-order valence-corrected chi connectivity index (χ4v) is 6.51. The number of halogens is 1. The van der Waals surface area contributed by atoms with Gasteiger partial charge in [-0.3, -0.25) is 4.79 Å². The largest absolute Gasteiger partial charge is 1.00 e. The number of thiophene rings is 1. The van der Waals surface area contributed by atoms with Gasteiger partial charge in [0.15, 0.2) is 24.1 Å². The van der Waals surface area contributed by atoms with Gasteiger partial charge in [0.25, 0.3) is 5.91 Å². The minimum absolute atomic E-state index is 0. The van der Waals surface area contributed by atoms with Gasteiger partial charge in [-0.05, 0) is 24.3 Å². The SMILES string of the molecule is CCc1cc(NC(=O)C[N+]23CCC(CC2)C(OC(=O)[C@@](O)(c2cccs2)C2CCC2)C3)no1.[Br-]. The Bertz CT molecular complexity index is 1000. The molecule has 2 aromatic heterocycles. The third-order valence-electron chi connectivity index (χ3n) is 7.86. The number of esters is 1. The summed E-state index contributed by atoms with van der Waals surface area (Å²) in [4.78, 5) is 26.8. The lowest BCUT2D eigenvalue weighted by molar-refractivity contribution is -0.939. The molecule has 2 aromatic rings. The highest BCUT2D eigenvalue weighted by atomic mass is 79.9. The van der Waals surface area contributed by atoms with E-state index in [-0.39, 0.29) is 40.8 Å². The first-order chi connectivity index (χ1) is 15.9. The molecule has 8 nitrogen and oxygen atoms in total. The third kappa shape index (κ3) is 4.69. The maximum atomic E-state index is 13.4. The second-order valence-electron chi connectivity index (χ2n) is 9.86. The lowest BCUT2D eigenvalue weighted by Gasteiger charge is -2.52. The number of carbonyl (C=O) groups excluding carboxylic acids is 2. The number of fused-ring (bicyclic) bond motifs is 3. The first-order valence-corrected chi connectivity index (χ1v) is 12.9. The van der Waals surface area contributed by atoms with Gasteiger partial charge in [0.1, 0.15) is 12.3 Å². The molecule has 1 unspecified atom stereocenters. The van der Waals surface area contributed by atoms with Crippen molar-refractivity contribution in [3.8, 4) is 0 Å². The van der Waals surface area contributed by atoms with Gasteiger partial charge in [-0.15, -0.1) is 11.3 Å². The van der Waals surface area contributed by atoms with Gasteiger partial charge >= 0.3 is 5.97 Å². The van der Waals surface area contributed by atoms with Gasteiger partial charge in [0.2, 0.25) is 0 Å². The number of quaternary nitrogens is 1. The van der Waals surface area contributed by atoms with Crippen molar-refractivity contribution in [2.75, 3.05) is 31.5 Å². The predicted octanol–water partition coefficient (Wildman–Crippen LogP) is 0.0811. The molecule has 2 N–H and O–H groups in total. The molecule has 0 spiro atoms. The van der Waals surface area contributed by atoms with Crippen LogP contribution in [-0.2, 0) is 26.3 Å². The molecule has 186 valence electrons. The number of hydrogen-bond acceptors (Lipinski definition) is 7. The van der Waals surface area contributed by atoms with Crippen molar-refractivity contribution in [3.05, 3.63) is 34.2 Å². The van der Waals surface area contributed by atoms with Gasteiger partial charge in [-0.2, -0.15) is 0 Å². The molecule has 2 bridgehead atoms. The quantitative estimate of drug-likeness (QED) is 0.354. The Morgan fingerprint density at radius 2 is 2.09 bits per heavy atom.